The Morgan fingerprint density at radius 1 is 1.15 bits per heavy atom. The first-order valence-electron chi connectivity index (χ1n) is 9.18. The molecule has 0 spiro atoms. The Morgan fingerprint density at radius 3 is 2.67 bits per heavy atom. The lowest BCUT2D eigenvalue weighted by atomic mass is 10.1. The van der Waals surface area contributed by atoms with E-state index in [4.69, 9.17) is 4.74 Å². The predicted molar refractivity (Wildman–Crippen MR) is 102 cm³/mol. The zero-order valence-electron chi connectivity index (χ0n) is 15.3. The molecule has 1 aliphatic heterocycles. The van der Waals surface area contributed by atoms with Crippen molar-refractivity contribution in [3.05, 3.63) is 72.4 Å². The summed E-state index contributed by atoms with van der Waals surface area (Å²) in [6.45, 7) is 3.16. The zero-order valence-corrected chi connectivity index (χ0v) is 15.3. The smallest absolute Gasteiger partial charge is 0.253 e. The van der Waals surface area contributed by atoms with Gasteiger partial charge in [-0.1, -0.05) is 0 Å². The van der Waals surface area contributed by atoms with Crippen LogP contribution in [0.2, 0.25) is 0 Å². The third-order valence-electron chi connectivity index (χ3n) is 4.72. The van der Waals surface area contributed by atoms with Crippen LogP contribution in [0.5, 0.6) is 5.88 Å². The van der Waals surface area contributed by atoms with Gasteiger partial charge in [0.25, 0.3) is 5.91 Å². The molecule has 1 amide bonds. The topological polar surface area (TPSA) is 60.2 Å². The average Bonchev–Trinajstić information content (AvgIpc) is 3.23. The highest BCUT2D eigenvalue weighted by atomic mass is 16.5. The Morgan fingerprint density at radius 2 is 1.93 bits per heavy atom. The lowest BCUT2D eigenvalue weighted by Crippen LogP contribution is -2.44. The third kappa shape index (κ3) is 4.00. The van der Waals surface area contributed by atoms with Crippen molar-refractivity contribution in [2.75, 3.05) is 13.1 Å². The molecule has 0 bridgehead atoms. The van der Waals surface area contributed by atoms with Crippen molar-refractivity contribution in [2.45, 2.75) is 25.9 Å². The molecule has 1 aromatic carbocycles. The summed E-state index contributed by atoms with van der Waals surface area (Å²) in [4.78, 5) is 23.1. The van der Waals surface area contributed by atoms with E-state index in [1.165, 1.54) is 0 Å². The summed E-state index contributed by atoms with van der Waals surface area (Å²) < 4.78 is 7.99. The molecule has 1 unspecified atom stereocenters. The highest BCUT2D eigenvalue weighted by Gasteiger charge is 2.26. The molecule has 1 atom stereocenters. The number of nitrogens with zero attached hydrogens (tertiary/aromatic N) is 4. The van der Waals surface area contributed by atoms with Crippen LogP contribution < -0.4 is 4.74 Å². The van der Waals surface area contributed by atoms with E-state index in [1.54, 1.807) is 12.3 Å². The minimum atomic E-state index is -0.0452. The van der Waals surface area contributed by atoms with Gasteiger partial charge in [0, 0.05) is 42.5 Å². The van der Waals surface area contributed by atoms with Crippen LogP contribution in [0.25, 0.3) is 5.69 Å². The summed E-state index contributed by atoms with van der Waals surface area (Å²) in [5.74, 6) is 1.29. The molecule has 1 saturated heterocycles. The van der Waals surface area contributed by atoms with Gasteiger partial charge in [-0.15, -0.1) is 0 Å². The first-order valence-corrected chi connectivity index (χ1v) is 9.18. The highest BCUT2D eigenvalue weighted by Crippen LogP contribution is 2.19. The Hall–Kier alpha value is -3.15. The molecule has 4 rings (SSSR count). The van der Waals surface area contributed by atoms with Crippen LogP contribution in [-0.2, 0) is 0 Å². The number of rotatable bonds is 4. The van der Waals surface area contributed by atoms with E-state index in [9.17, 15) is 4.79 Å². The van der Waals surface area contributed by atoms with Crippen LogP contribution in [0.4, 0.5) is 0 Å². The number of amides is 1. The number of ether oxygens (including phenoxy) is 1. The molecular formula is C21H22N4O2. The minimum absolute atomic E-state index is 0.0428. The summed E-state index contributed by atoms with van der Waals surface area (Å²) in [5.41, 5.74) is 1.74. The normalized spacial score (nSPS) is 16.9. The van der Waals surface area contributed by atoms with Crippen LogP contribution in [0.15, 0.2) is 61.1 Å². The van der Waals surface area contributed by atoms with E-state index in [-0.39, 0.29) is 12.0 Å². The lowest BCUT2D eigenvalue weighted by molar-refractivity contribution is 0.0527. The number of hydrogen-bond acceptors (Lipinski definition) is 4. The second kappa shape index (κ2) is 7.61. The second-order valence-electron chi connectivity index (χ2n) is 6.71. The van der Waals surface area contributed by atoms with Crippen LogP contribution in [0.3, 0.4) is 0 Å². The van der Waals surface area contributed by atoms with Crippen LogP contribution in [0, 0.1) is 6.92 Å². The molecule has 3 heterocycles. The van der Waals surface area contributed by atoms with Crippen molar-refractivity contribution >= 4 is 5.91 Å². The molecule has 6 heteroatoms. The molecule has 0 aliphatic carbocycles. The molecule has 138 valence electrons. The summed E-state index contributed by atoms with van der Waals surface area (Å²) in [5, 5.41) is 0. The zero-order chi connectivity index (χ0) is 18.6. The van der Waals surface area contributed by atoms with Crippen molar-refractivity contribution in [1.29, 1.82) is 0 Å². The van der Waals surface area contributed by atoms with E-state index in [1.807, 2.05) is 65.2 Å². The Bertz CT molecular complexity index is 906. The Labute approximate surface area is 158 Å². The van der Waals surface area contributed by atoms with Crippen LogP contribution in [0.1, 0.15) is 29.0 Å². The molecule has 0 saturated carbocycles. The fourth-order valence-corrected chi connectivity index (χ4v) is 3.36. The number of aromatic nitrogens is 3. The van der Waals surface area contributed by atoms with Gasteiger partial charge >= 0.3 is 0 Å². The molecule has 2 aromatic heterocycles. The standard InChI is InChI=1S/C21H22N4O2/c1-16-22-11-10-20(23-16)27-19-5-4-14-25(15-19)21(26)17-6-8-18(9-7-17)24-12-2-3-13-24/h2-3,6-13,19H,4-5,14-15H2,1H3. The average molecular weight is 362 g/mol. The summed E-state index contributed by atoms with van der Waals surface area (Å²) in [6.07, 6.45) is 7.45. The number of hydrogen-bond donors (Lipinski definition) is 0. The predicted octanol–water partition coefficient (Wildman–Crippen LogP) is 3.26. The van der Waals surface area contributed by atoms with Gasteiger partial charge in [-0.2, -0.15) is 4.98 Å². The summed E-state index contributed by atoms with van der Waals surface area (Å²) in [6, 6.07) is 13.4. The number of benzene rings is 1. The molecule has 0 radical (unpaired) electrons. The molecule has 3 aromatic rings. The fourth-order valence-electron chi connectivity index (χ4n) is 3.36. The van der Waals surface area contributed by atoms with Crippen molar-refractivity contribution in [3.63, 3.8) is 0 Å². The van der Waals surface area contributed by atoms with Crippen molar-refractivity contribution in [1.82, 2.24) is 19.4 Å². The van der Waals surface area contributed by atoms with E-state index >= 15 is 0 Å². The fraction of sp³-hybridized carbons (Fsp3) is 0.286. The summed E-state index contributed by atoms with van der Waals surface area (Å²) in [7, 11) is 0. The first kappa shape index (κ1) is 17.3. The lowest BCUT2D eigenvalue weighted by Gasteiger charge is -2.32. The first-order chi connectivity index (χ1) is 13.2. The van der Waals surface area contributed by atoms with Gasteiger partial charge in [-0.3, -0.25) is 4.79 Å². The van der Waals surface area contributed by atoms with Crippen molar-refractivity contribution in [2.24, 2.45) is 0 Å². The maximum absolute atomic E-state index is 12.9. The molecule has 1 fully saturated rings. The Kier molecular flexibility index (Phi) is 4.87. The van der Waals surface area contributed by atoms with E-state index in [2.05, 4.69) is 9.97 Å². The molecular weight excluding hydrogens is 340 g/mol. The summed E-state index contributed by atoms with van der Waals surface area (Å²) >= 11 is 0. The van der Waals surface area contributed by atoms with Gasteiger partial charge in [0.05, 0.1) is 6.54 Å². The third-order valence-corrected chi connectivity index (χ3v) is 4.72. The van der Waals surface area contributed by atoms with Gasteiger partial charge < -0.3 is 14.2 Å². The quantitative estimate of drug-likeness (QED) is 0.715. The number of piperidine rings is 1. The Balaban J connectivity index is 1.42. The maximum Gasteiger partial charge on any atom is 0.253 e. The van der Waals surface area contributed by atoms with Gasteiger partial charge in [0.15, 0.2) is 0 Å². The van der Waals surface area contributed by atoms with E-state index < -0.39 is 0 Å². The van der Waals surface area contributed by atoms with E-state index in [0.29, 0.717) is 23.8 Å². The van der Waals surface area contributed by atoms with Gasteiger partial charge in [0.2, 0.25) is 5.88 Å². The maximum atomic E-state index is 12.9. The van der Waals surface area contributed by atoms with Crippen LogP contribution >= 0.6 is 0 Å². The van der Waals surface area contributed by atoms with Gasteiger partial charge in [-0.05, 0) is 56.2 Å². The SMILES string of the molecule is Cc1nccc(OC2CCCN(C(=O)c3ccc(-n4cccc4)cc3)C2)n1. The monoisotopic (exact) mass is 362 g/mol. The minimum Gasteiger partial charge on any atom is -0.472 e. The highest BCUT2D eigenvalue weighted by molar-refractivity contribution is 5.94. The van der Waals surface area contributed by atoms with Crippen molar-refractivity contribution < 1.29 is 9.53 Å². The number of aryl methyl sites for hydroxylation is 1. The number of likely N-dealkylation sites (tertiary alicyclic amines) is 1. The van der Waals surface area contributed by atoms with Crippen molar-refractivity contribution in [3.8, 4) is 11.6 Å². The molecule has 0 N–H and O–H groups in total. The largest absolute Gasteiger partial charge is 0.472 e. The number of carbonyl (C=O) groups is 1. The molecule has 1 aliphatic rings. The molecule has 6 nitrogen and oxygen atoms in total. The number of carbonyl (C=O) groups excluding carboxylic acids is 1. The van der Waals surface area contributed by atoms with Crippen LogP contribution in [-0.4, -0.2) is 44.5 Å². The second-order valence-corrected chi connectivity index (χ2v) is 6.71. The van der Waals surface area contributed by atoms with E-state index in [0.717, 1.165) is 25.1 Å². The van der Waals surface area contributed by atoms with Gasteiger partial charge in [-0.25, -0.2) is 4.98 Å². The van der Waals surface area contributed by atoms with Gasteiger partial charge in [0.1, 0.15) is 11.9 Å². The molecule has 27 heavy (non-hydrogen) atoms.